The quantitative estimate of drug-likeness (QED) is 0.438. The maximum absolute atomic E-state index is 9.13. The second-order valence-electron chi connectivity index (χ2n) is 2.87. The Morgan fingerprint density at radius 1 is 1.85 bits per heavy atom. The SMILES string of the molecule is C[C@@H](O)[C@H](CO)O[C@H]1COC(=N)N1. The van der Waals surface area contributed by atoms with Gasteiger partial charge in [0.2, 0.25) is 0 Å². The fraction of sp³-hybridized carbons (Fsp3) is 0.857. The zero-order chi connectivity index (χ0) is 9.84. The van der Waals surface area contributed by atoms with E-state index in [9.17, 15) is 0 Å². The summed E-state index contributed by atoms with van der Waals surface area (Å²) in [7, 11) is 0. The molecule has 1 rings (SSSR count). The first-order valence-electron chi connectivity index (χ1n) is 4.05. The Labute approximate surface area is 76.0 Å². The molecule has 0 saturated carbocycles. The third-order valence-electron chi connectivity index (χ3n) is 1.73. The van der Waals surface area contributed by atoms with Gasteiger partial charge >= 0.3 is 0 Å². The molecule has 0 aromatic rings. The van der Waals surface area contributed by atoms with Crippen molar-refractivity contribution in [3.63, 3.8) is 0 Å². The van der Waals surface area contributed by atoms with E-state index < -0.39 is 18.4 Å². The molecule has 1 aliphatic heterocycles. The van der Waals surface area contributed by atoms with Gasteiger partial charge in [0, 0.05) is 0 Å². The highest BCUT2D eigenvalue weighted by atomic mass is 16.6. The van der Waals surface area contributed by atoms with Crippen LogP contribution in [0.25, 0.3) is 0 Å². The Kier molecular flexibility index (Phi) is 3.47. The van der Waals surface area contributed by atoms with Crippen molar-refractivity contribution in [2.24, 2.45) is 0 Å². The van der Waals surface area contributed by atoms with Crippen LogP contribution in [0, 0.1) is 5.41 Å². The lowest BCUT2D eigenvalue weighted by Gasteiger charge is -2.21. The van der Waals surface area contributed by atoms with Crippen LogP contribution >= 0.6 is 0 Å². The molecular formula is C7H14N2O4. The first kappa shape index (κ1) is 10.2. The van der Waals surface area contributed by atoms with Crippen LogP contribution in [0.1, 0.15) is 6.92 Å². The molecule has 0 radical (unpaired) electrons. The van der Waals surface area contributed by atoms with Crippen LogP contribution in [-0.4, -0.2) is 47.9 Å². The van der Waals surface area contributed by atoms with Crippen molar-refractivity contribution in [3.8, 4) is 0 Å². The molecule has 6 nitrogen and oxygen atoms in total. The maximum atomic E-state index is 9.13. The zero-order valence-electron chi connectivity index (χ0n) is 7.36. The Bertz CT molecular complexity index is 185. The van der Waals surface area contributed by atoms with Gasteiger partial charge in [-0.05, 0) is 6.92 Å². The van der Waals surface area contributed by atoms with Gasteiger partial charge in [0.15, 0.2) is 6.23 Å². The van der Waals surface area contributed by atoms with Gasteiger partial charge in [0.1, 0.15) is 12.7 Å². The van der Waals surface area contributed by atoms with Crippen LogP contribution in [0.2, 0.25) is 0 Å². The second-order valence-corrected chi connectivity index (χ2v) is 2.87. The maximum Gasteiger partial charge on any atom is 0.284 e. The molecular weight excluding hydrogens is 176 g/mol. The van der Waals surface area contributed by atoms with Crippen molar-refractivity contribution in [3.05, 3.63) is 0 Å². The van der Waals surface area contributed by atoms with Crippen LogP contribution < -0.4 is 5.32 Å². The van der Waals surface area contributed by atoms with Gasteiger partial charge < -0.3 is 25.0 Å². The Morgan fingerprint density at radius 3 is 2.92 bits per heavy atom. The lowest BCUT2D eigenvalue weighted by atomic mass is 10.2. The van der Waals surface area contributed by atoms with Gasteiger partial charge in [-0.3, -0.25) is 5.41 Å². The Balaban J connectivity index is 2.34. The summed E-state index contributed by atoms with van der Waals surface area (Å²) in [5, 5.41) is 27.6. The van der Waals surface area contributed by atoms with Crippen LogP contribution in [0.15, 0.2) is 0 Å². The average molecular weight is 190 g/mol. The predicted molar refractivity (Wildman–Crippen MR) is 44.2 cm³/mol. The second kappa shape index (κ2) is 4.40. The molecule has 0 aromatic carbocycles. The number of nitrogens with one attached hydrogen (secondary N) is 2. The Morgan fingerprint density at radius 2 is 2.54 bits per heavy atom. The first-order chi connectivity index (χ1) is 6.13. The minimum absolute atomic E-state index is 0.0488. The van der Waals surface area contributed by atoms with E-state index in [1.165, 1.54) is 6.92 Å². The van der Waals surface area contributed by atoms with Gasteiger partial charge in [-0.2, -0.15) is 0 Å². The van der Waals surface area contributed by atoms with Crippen LogP contribution in [0.3, 0.4) is 0 Å². The standard InChI is InChI=1S/C7H14N2O4/c1-4(11)5(2-10)13-6-3-12-7(8)9-6/h4-6,10-11H,2-3H2,1H3,(H2,8,9)/t4-,5+,6+/m1/s1. The van der Waals surface area contributed by atoms with E-state index in [1.54, 1.807) is 0 Å². The van der Waals surface area contributed by atoms with Gasteiger partial charge in [0.05, 0.1) is 12.7 Å². The summed E-state index contributed by atoms with van der Waals surface area (Å²) in [6.07, 6.45) is -1.85. The smallest absolute Gasteiger partial charge is 0.284 e. The summed E-state index contributed by atoms with van der Waals surface area (Å²) in [5.74, 6) is 0. The third kappa shape index (κ3) is 2.83. The monoisotopic (exact) mass is 190 g/mol. The number of aliphatic hydroxyl groups excluding tert-OH is 2. The first-order valence-corrected chi connectivity index (χ1v) is 4.05. The number of hydrogen-bond donors (Lipinski definition) is 4. The minimum atomic E-state index is -0.749. The van der Waals surface area contributed by atoms with Gasteiger partial charge in [-0.25, -0.2) is 0 Å². The molecule has 13 heavy (non-hydrogen) atoms. The van der Waals surface area contributed by atoms with Crippen molar-refractivity contribution in [2.45, 2.75) is 25.4 Å². The van der Waals surface area contributed by atoms with Crippen molar-refractivity contribution < 1.29 is 19.7 Å². The molecule has 0 aliphatic carbocycles. The lowest BCUT2D eigenvalue weighted by molar-refractivity contribution is -0.0974. The summed E-state index contributed by atoms with van der Waals surface area (Å²) in [5.41, 5.74) is 0. The zero-order valence-corrected chi connectivity index (χ0v) is 7.36. The molecule has 1 saturated heterocycles. The van der Waals surface area contributed by atoms with E-state index in [2.05, 4.69) is 5.32 Å². The van der Waals surface area contributed by atoms with Gasteiger partial charge in [-0.1, -0.05) is 0 Å². The largest absolute Gasteiger partial charge is 0.461 e. The van der Waals surface area contributed by atoms with E-state index in [1.807, 2.05) is 0 Å². The number of hydrogen-bond acceptors (Lipinski definition) is 5. The molecule has 0 spiro atoms. The average Bonchev–Trinajstić information content (AvgIpc) is 2.46. The third-order valence-corrected chi connectivity index (χ3v) is 1.73. The van der Waals surface area contributed by atoms with Crippen LogP contribution in [-0.2, 0) is 9.47 Å². The number of aliphatic hydroxyl groups is 2. The molecule has 6 heteroatoms. The number of rotatable bonds is 4. The van der Waals surface area contributed by atoms with Gasteiger partial charge in [0.25, 0.3) is 6.02 Å². The lowest BCUT2D eigenvalue weighted by Crippen LogP contribution is -2.39. The molecule has 0 amide bonds. The van der Waals surface area contributed by atoms with E-state index in [4.69, 9.17) is 25.1 Å². The highest BCUT2D eigenvalue weighted by Crippen LogP contribution is 2.05. The molecule has 0 unspecified atom stereocenters. The molecule has 1 fully saturated rings. The fourth-order valence-corrected chi connectivity index (χ4v) is 0.982. The van der Waals surface area contributed by atoms with Crippen LogP contribution in [0.5, 0.6) is 0 Å². The summed E-state index contributed by atoms with van der Waals surface area (Å²) in [6, 6.07) is -0.0488. The normalized spacial score (nSPS) is 26.4. The molecule has 76 valence electrons. The molecule has 1 aliphatic rings. The predicted octanol–water partition coefficient (Wildman–Crippen LogP) is -1.37. The molecule has 3 atom stereocenters. The van der Waals surface area contributed by atoms with Crippen molar-refractivity contribution in [2.75, 3.05) is 13.2 Å². The van der Waals surface area contributed by atoms with Crippen LogP contribution in [0.4, 0.5) is 0 Å². The Hall–Kier alpha value is -0.850. The van der Waals surface area contributed by atoms with E-state index in [0.717, 1.165) is 0 Å². The summed E-state index contributed by atoms with van der Waals surface area (Å²) < 4.78 is 9.99. The topological polar surface area (TPSA) is 94.8 Å². The van der Waals surface area contributed by atoms with Crippen molar-refractivity contribution in [1.29, 1.82) is 5.41 Å². The van der Waals surface area contributed by atoms with Crippen molar-refractivity contribution >= 4 is 6.02 Å². The van der Waals surface area contributed by atoms with Gasteiger partial charge in [-0.15, -0.1) is 0 Å². The molecule has 0 aromatic heterocycles. The minimum Gasteiger partial charge on any atom is -0.461 e. The van der Waals surface area contributed by atoms with E-state index in [0.29, 0.717) is 0 Å². The highest BCUT2D eigenvalue weighted by Gasteiger charge is 2.25. The summed E-state index contributed by atoms with van der Waals surface area (Å²) >= 11 is 0. The number of amidine groups is 1. The molecule has 4 N–H and O–H groups in total. The number of ether oxygens (including phenoxy) is 2. The highest BCUT2D eigenvalue weighted by molar-refractivity contribution is 5.71. The fourth-order valence-electron chi connectivity index (χ4n) is 0.982. The van der Waals surface area contributed by atoms with Crippen molar-refractivity contribution in [1.82, 2.24) is 5.32 Å². The summed E-state index contributed by atoms with van der Waals surface area (Å²) in [4.78, 5) is 0. The molecule has 1 heterocycles. The van der Waals surface area contributed by atoms with E-state index in [-0.39, 0.29) is 19.2 Å². The summed E-state index contributed by atoms with van der Waals surface area (Å²) in [6.45, 7) is 1.49. The molecule has 0 bridgehead atoms. The van der Waals surface area contributed by atoms with E-state index >= 15 is 0 Å².